The predicted molar refractivity (Wildman–Crippen MR) is 75.9 cm³/mol. The van der Waals surface area contributed by atoms with Crippen molar-refractivity contribution in [2.75, 3.05) is 13.1 Å². The van der Waals surface area contributed by atoms with Crippen molar-refractivity contribution in [2.45, 2.75) is 13.3 Å². The molecule has 1 aromatic heterocycles. The number of pyridine rings is 1. The number of hydrogen-bond acceptors (Lipinski definition) is 2. The number of rotatable bonds is 5. The first-order valence-electron chi connectivity index (χ1n) is 6.64. The lowest BCUT2D eigenvalue weighted by Gasteiger charge is -2.21. The minimum absolute atomic E-state index is 0.138. The lowest BCUT2D eigenvalue weighted by Crippen LogP contribution is -2.32. The van der Waals surface area contributed by atoms with Gasteiger partial charge in [0.15, 0.2) is 0 Å². The summed E-state index contributed by atoms with van der Waals surface area (Å²) in [6, 6.07) is 9.67. The molecule has 104 valence electrons. The van der Waals surface area contributed by atoms with E-state index in [1.165, 1.54) is 12.1 Å². The molecule has 20 heavy (non-hydrogen) atoms. The highest BCUT2D eigenvalue weighted by Gasteiger charge is 2.14. The second-order valence-electron chi connectivity index (χ2n) is 4.50. The van der Waals surface area contributed by atoms with Gasteiger partial charge in [-0.25, -0.2) is 4.39 Å². The number of carbonyl (C=O) groups is 1. The Morgan fingerprint density at radius 1 is 1.25 bits per heavy atom. The number of nitrogens with zero attached hydrogens (tertiary/aromatic N) is 2. The highest BCUT2D eigenvalue weighted by Crippen LogP contribution is 2.09. The molecule has 0 unspecified atom stereocenters. The second-order valence-corrected chi connectivity index (χ2v) is 4.50. The van der Waals surface area contributed by atoms with E-state index >= 15 is 0 Å². The van der Waals surface area contributed by atoms with E-state index in [9.17, 15) is 9.18 Å². The Bertz CT molecular complexity index is 572. The molecule has 0 N–H and O–H groups in total. The Hall–Kier alpha value is -2.23. The fourth-order valence-corrected chi connectivity index (χ4v) is 2.02. The minimum atomic E-state index is -0.388. The monoisotopic (exact) mass is 272 g/mol. The van der Waals surface area contributed by atoms with Crippen molar-refractivity contribution >= 4 is 5.91 Å². The summed E-state index contributed by atoms with van der Waals surface area (Å²) in [4.78, 5) is 18.0. The molecule has 0 aliphatic rings. The van der Waals surface area contributed by atoms with Crippen LogP contribution in [0.4, 0.5) is 4.39 Å². The van der Waals surface area contributed by atoms with Crippen LogP contribution in [0.5, 0.6) is 0 Å². The number of benzene rings is 1. The molecule has 0 saturated heterocycles. The fourth-order valence-electron chi connectivity index (χ4n) is 2.02. The van der Waals surface area contributed by atoms with Crippen molar-refractivity contribution < 1.29 is 9.18 Å². The van der Waals surface area contributed by atoms with Crippen molar-refractivity contribution in [3.63, 3.8) is 0 Å². The molecule has 0 spiro atoms. The first-order valence-corrected chi connectivity index (χ1v) is 6.64. The van der Waals surface area contributed by atoms with Crippen LogP contribution in [0.1, 0.15) is 22.8 Å². The molecule has 2 aromatic rings. The van der Waals surface area contributed by atoms with Crippen molar-refractivity contribution in [1.29, 1.82) is 0 Å². The van der Waals surface area contributed by atoms with Gasteiger partial charge in [0.2, 0.25) is 0 Å². The van der Waals surface area contributed by atoms with E-state index in [2.05, 4.69) is 4.98 Å². The predicted octanol–water partition coefficient (Wildman–Crippen LogP) is 2.93. The SMILES string of the molecule is CCN(CCc1ccncc1)C(=O)c1cccc(F)c1. The molecule has 0 aliphatic heterocycles. The maximum Gasteiger partial charge on any atom is 0.253 e. The van der Waals surface area contributed by atoms with E-state index in [4.69, 9.17) is 0 Å². The quantitative estimate of drug-likeness (QED) is 0.838. The molecule has 0 radical (unpaired) electrons. The molecule has 0 bridgehead atoms. The highest BCUT2D eigenvalue weighted by atomic mass is 19.1. The van der Waals surface area contributed by atoms with Gasteiger partial charge in [-0.15, -0.1) is 0 Å². The Balaban J connectivity index is 2.03. The van der Waals surface area contributed by atoms with Gasteiger partial charge in [0.25, 0.3) is 5.91 Å². The number of halogens is 1. The number of amides is 1. The largest absolute Gasteiger partial charge is 0.339 e. The van der Waals surface area contributed by atoms with Gasteiger partial charge in [-0.05, 0) is 49.2 Å². The summed E-state index contributed by atoms with van der Waals surface area (Å²) < 4.78 is 13.2. The van der Waals surface area contributed by atoms with E-state index in [1.54, 1.807) is 29.4 Å². The third kappa shape index (κ3) is 3.63. The Kier molecular flexibility index (Phi) is 4.82. The van der Waals surface area contributed by atoms with Crippen LogP contribution in [0, 0.1) is 5.82 Å². The Morgan fingerprint density at radius 3 is 2.65 bits per heavy atom. The molecule has 1 amide bonds. The van der Waals surface area contributed by atoms with Crippen molar-refractivity contribution in [2.24, 2.45) is 0 Å². The van der Waals surface area contributed by atoms with Crippen LogP contribution in [0.2, 0.25) is 0 Å². The Labute approximate surface area is 118 Å². The summed E-state index contributed by atoms with van der Waals surface area (Å²) in [5.41, 5.74) is 1.52. The fraction of sp³-hybridized carbons (Fsp3) is 0.250. The second kappa shape index (κ2) is 6.80. The van der Waals surface area contributed by atoms with E-state index < -0.39 is 0 Å². The van der Waals surface area contributed by atoms with Crippen LogP contribution >= 0.6 is 0 Å². The zero-order valence-electron chi connectivity index (χ0n) is 11.4. The molecular weight excluding hydrogens is 255 g/mol. The van der Waals surface area contributed by atoms with Gasteiger partial charge in [0.05, 0.1) is 0 Å². The lowest BCUT2D eigenvalue weighted by atomic mass is 10.1. The molecule has 0 saturated carbocycles. The molecule has 0 aliphatic carbocycles. The van der Waals surface area contributed by atoms with Crippen LogP contribution in [-0.4, -0.2) is 28.9 Å². The number of carbonyl (C=O) groups excluding carboxylic acids is 1. The van der Waals surface area contributed by atoms with Crippen molar-refractivity contribution in [1.82, 2.24) is 9.88 Å². The van der Waals surface area contributed by atoms with Crippen LogP contribution in [0.25, 0.3) is 0 Å². The molecule has 4 heteroatoms. The summed E-state index contributed by atoms with van der Waals surface area (Å²) in [6.45, 7) is 3.13. The van der Waals surface area contributed by atoms with Crippen molar-refractivity contribution in [3.05, 3.63) is 65.7 Å². The molecule has 1 heterocycles. The highest BCUT2D eigenvalue weighted by molar-refractivity contribution is 5.94. The minimum Gasteiger partial charge on any atom is -0.339 e. The summed E-state index contributed by atoms with van der Waals surface area (Å²) in [5, 5.41) is 0. The number of aromatic nitrogens is 1. The lowest BCUT2D eigenvalue weighted by molar-refractivity contribution is 0.0765. The van der Waals surface area contributed by atoms with Crippen LogP contribution in [0.3, 0.4) is 0 Å². The van der Waals surface area contributed by atoms with Crippen molar-refractivity contribution in [3.8, 4) is 0 Å². The third-order valence-electron chi connectivity index (χ3n) is 3.16. The van der Waals surface area contributed by atoms with Gasteiger partial charge in [0.1, 0.15) is 5.82 Å². The van der Waals surface area contributed by atoms with E-state index in [1.807, 2.05) is 19.1 Å². The standard InChI is InChI=1S/C16H17FN2O/c1-2-19(11-8-13-6-9-18-10-7-13)16(20)14-4-3-5-15(17)12-14/h3-7,9-10,12H,2,8,11H2,1H3. The van der Waals surface area contributed by atoms with Gasteiger partial charge < -0.3 is 4.90 Å². The summed E-state index contributed by atoms with van der Waals surface area (Å²) in [7, 11) is 0. The maximum absolute atomic E-state index is 13.2. The zero-order valence-corrected chi connectivity index (χ0v) is 11.4. The Morgan fingerprint density at radius 2 is 2.00 bits per heavy atom. The molecule has 0 fully saturated rings. The number of hydrogen-bond donors (Lipinski definition) is 0. The van der Waals surface area contributed by atoms with Crippen LogP contribution in [0.15, 0.2) is 48.8 Å². The molecule has 2 rings (SSSR count). The smallest absolute Gasteiger partial charge is 0.253 e. The van der Waals surface area contributed by atoms with E-state index in [-0.39, 0.29) is 11.7 Å². The first-order chi connectivity index (χ1) is 9.70. The molecule has 3 nitrogen and oxygen atoms in total. The topological polar surface area (TPSA) is 33.2 Å². The average Bonchev–Trinajstić information content (AvgIpc) is 2.48. The van der Waals surface area contributed by atoms with Gasteiger partial charge in [-0.1, -0.05) is 6.07 Å². The average molecular weight is 272 g/mol. The number of likely N-dealkylation sites (N-methyl/N-ethyl adjacent to an activating group) is 1. The molecular formula is C16H17FN2O. The van der Waals surface area contributed by atoms with Crippen LogP contribution in [-0.2, 0) is 6.42 Å². The van der Waals surface area contributed by atoms with E-state index in [0.717, 1.165) is 12.0 Å². The zero-order chi connectivity index (χ0) is 14.4. The summed E-state index contributed by atoms with van der Waals surface area (Å²) in [5.74, 6) is -0.526. The summed E-state index contributed by atoms with van der Waals surface area (Å²) in [6.07, 6.45) is 4.23. The van der Waals surface area contributed by atoms with Gasteiger partial charge >= 0.3 is 0 Å². The third-order valence-corrected chi connectivity index (χ3v) is 3.16. The van der Waals surface area contributed by atoms with Gasteiger partial charge in [0, 0.05) is 31.0 Å². The maximum atomic E-state index is 13.2. The van der Waals surface area contributed by atoms with E-state index in [0.29, 0.717) is 18.7 Å². The van der Waals surface area contributed by atoms with Crippen LogP contribution < -0.4 is 0 Å². The first kappa shape index (κ1) is 14.2. The van der Waals surface area contributed by atoms with Gasteiger partial charge in [-0.2, -0.15) is 0 Å². The molecule has 1 aromatic carbocycles. The van der Waals surface area contributed by atoms with Gasteiger partial charge in [-0.3, -0.25) is 9.78 Å². The summed E-state index contributed by atoms with van der Waals surface area (Å²) >= 11 is 0. The molecule has 0 atom stereocenters. The normalized spacial score (nSPS) is 10.3.